The fourth-order valence-corrected chi connectivity index (χ4v) is 7.19. The Morgan fingerprint density at radius 3 is 1.45 bits per heavy atom. The summed E-state index contributed by atoms with van der Waals surface area (Å²) in [5.74, 6) is -1.11. The first kappa shape index (κ1) is 49.6. The summed E-state index contributed by atoms with van der Waals surface area (Å²) in [5.41, 5.74) is 0. The highest BCUT2D eigenvalue weighted by Crippen LogP contribution is 2.47. The van der Waals surface area contributed by atoms with E-state index in [9.17, 15) is 44.6 Å². The van der Waals surface area contributed by atoms with Crippen LogP contribution in [0.5, 0.6) is 0 Å². The molecule has 0 bridgehead atoms. The van der Waals surface area contributed by atoms with Gasteiger partial charge in [-0.1, -0.05) is 129 Å². The lowest BCUT2D eigenvalue weighted by Gasteiger charge is -2.41. The molecular formula is C39H73O13P. The number of aliphatic hydroxyl groups is 5. The molecule has 0 aromatic rings. The molecule has 14 heteroatoms. The second-order valence-electron chi connectivity index (χ2n) is 14.5. The van der Waals surface area contributed by atoms with Crippen molar-refractivity contribution in [1.82, 2.24) is 0 Å². The Labute approximate surface area is 318 Å². The fraction of sp³-hybridized carbons (Fsp3) is 0.897. The SMILES string of the molecule is CCCCCC/C=C/CCCCCCCC(=O)O[C@H](COC(=O)CCCCCCCCCCCCC)COP(=O)(O)OC1C(O)C(O)C(O)[C@@H](O)C1O. The minimum Gasteiger partial charge on any atom is -0.462 e. The molecule has 1 fully saturated rings. The summed E-state index contributed by atoms with van der Waals surface area (Å²) in [6.45, 7) is 3.24. The highest BCUT2D eigenvalue weighted by atomic mass is 31.2. The normalized spacial score (nSPS) is 23.5. The third kappa shape index (κ3) is 24.0. The van der Waals surface area contributed by atoms with Crippen molar-refractivity contribution < 1.29 is 63.1 Å². The Bertz CT molecular complexity index is 996. The molecule has 1 saturated carbocycles. The lowest BCUT2D eigenvalue weighted by Crippen LogP contribution is -2.64. The van der Waals surface area contributed by atoms with Crippen LogP contribution in [0.25, 0.3) is 0 Å². The molecule has 312 valence electrons. The van der Waals surface area contributed by atoms with Crippen molar-refractivity contribution >= 4 is 19.8 Å². The van der Waals surface area contributed by atoms with Gasteiger partial charge >= 0.3 is 19.8 Å². The van der Waals surface area contributed by atoms with E-state index >= 15 is 0 Å². The van der Waals surface area contributed by atoms with E-state index in [-0.39, 0.29) is 12.8 Å². The lowest BCUT2D eigenvalue weighted by atomic mass is 9.85. The van der Waals surface area contributed by atoms with Gasteiger partial charge in [0.05, 0.1) is 6.61 Å². The molecule has 6 unspecified atom stereocenters. The molecule has 53 heavy (non-hydrogen) atoms. The van der Waals surface area contributed by atoms with Gasteiger partial charge in [0.15, 0.2) is 6.10 Å². The fourth-order valence-electron chi connectivity index (χ4n) is 6.22. The third-order valence-corrected chi connectivity index (χ3v) is 10.6. The zero-order chi connectivity index (χ0) is 39.3. The second kappa shape index (κ2) is 30.8. The molecule has 13 nitrogen and oxygen atoms in total. The van der Waals surface area contributed by atoms with Crippen molar-refractivity contribution in [3.8, 4) is 0 Å². The average Bonchev–Trinajstić information content (AvgIpc) is 3.13. The Balaban J connectivity index is 2.53. The van der Waals surface area contributed by atoms with E-state index in [1.54, 1.807) is 0 Å². The first-order valence-corrected chi connectivity index (χ1v) is 22.0. The summed E-state index contributed by atoms with van der Waals surface area (Å²) in [5, 5.41) is 49.9. The number of esters is 2. The van der Waals surface area contributed by atoms with Crippen molar-refractivity contribution in [3.05, 3.63) is 12.2 Å². The molecular weight excluding hydrogens is 707 g/mol. The molecule has 8 atom stereocenters. The number of phosphoric acid groups is 1. The molecule has 0 aromatic carbocycles. The smallest absolute Gasteiger partial charge is 0.462 e. The van der Waals surface area contributed by atoms with E-state index in [1.165, 1.54) is 70.6 Å². The summed E-state index contributed by atoms with van der Waals surface area (Å²) >= 11 is 0. The summed E-state index contributed by atoms with van der Waals surface area (Å²) in [7, 11) is -5.11. The number of rotatable bonds is 33. The van der Waals surface area contributed by atoms with Crippen LogP contribution in [0.1, 0.15) is 168 Å². The van der Waals surface area contributed by atoms with Gasteiger partial charge in [0.2, 0.25) is 0 Å². The molecule has 1 aliphatic carbocycles. The van der Waals surface area contributed by atoms with Crippen LogP contribution in [0, 0.1) is 0 Å². The van der Waals surface area contributed by atoms with Crippen LogP contribution in [0.15, 0.2) is 12.2 Å². The van der Waals surface area contributed by atoms with Crippen molar-refractivity contribution in [2.45, 2.75) is 211 Å². The molecule has 0 spiro atoms. The Kier molecular flexibility index (Phi) is 28.8. The number of carbonyl (C=O) groups excluding carboxylic acids is 2. The molecule has 6 N–H and O–H groups in total. The van der Waals surface area contributed by atoms with Crippen LogP contribution < -0.4 is 0 Å². The van der Waals surface area contributed by atoms with Crippen LogP contribution >= 0.6 is 7.82 Å². The maximum absolute atomic E-state index is 12.7. The largest absolute Gasteiger partial charge is 0.472 e. The first-order chi connectivity index (χ1) is 25.4. The lowest BCUT2D eigenvalue weighted by molar-refractivity contribution is -0.220. The molecule has 1 aliphatic rings. The van der Waals surface area contributed by atoms with Gasteiger partial charge in [-0.2, -0.15) is 0 Å². The van der Waals surface area contributed by atoms with E-state index in [0.717, 1.165) is 57.8 Å². The quantitative estimate of drug-likeness (QED) is 0.0177. The topological polar surface area (TPSA) is 210 Å². The molecule has 0 aromatic heterocycles. The highest BCUT2D eigenvalue weighted by molar-refractivity contribution is 7.47. The number of hydrogen-bond acceptors (Lipinski definition) is 12. The van der Waals surface area contributed by atoms with Gasteiger partial charge in [0.25, 0.3) is 0 Å². The zero-order valence-corrected chi connectivity index (χ0v) is 33.5. The second-order valence-corrected chi connectivity index (χ2v) is 15.9. The maximum Gasteiger partial charge on any atom is 0.472 e. The Morgan fingerprint density at radius 1 is 0.566 bits per heavy atom. The van der Waals surface area contributed by atoms with Gasteiger partial charge < -0.3 is 39.9 Å². The van der Waals surface area contributed by atoms with E-state index in [2.05, 4.69) is 26.0 Å². The molecule has 0 saturated heterocycles. The minimum absolute atomic E-state index is 0.0900. The maximum atomic E-state index is 12.7. The molecule has 0 amide bonds. The van der Waals surface area contributed by atoms with Crippen LogP contribution in [0.2, 0.25) is 0 Å². The van der Waals surface area contributed by atoms with Gasteiger partial charge in [0.1, 0.15) is 43.2 Å². The van der Waals surface area contributed by atoms with Gasteiger partial charge in [-0.05, 0) is 38.5 Å². The van der Waals surface area contributed by atoms with E-state index < -0.39 is 75.7 Å². The number of aliphatic hydroxyl groups excluding tert-OH is 5. The standard InChI is InChI=1S/C39H73O13P/c1-3-5-7-9-11-13-15-16-18-20-22-24-26-28-33(41)51-31(29-49-32(40)27-25-23-21-19-17-14-12-10-8-6-4-2)30-50-53(47,48)52-39-37(45)35(43)34(42)36(44)38(39)46/h13,15,31,34-39,42-46H,3-12,14,16-30H2,1-2H3,(H,47,48)/b15-13+/t31-,34?,35-,36?,37?,38?,39?/m1/s1. The van der Waals surface area contributed by atoms with Gasteiger partial charge in [-0.3, -0.25) is 18.6 Å². The first-order valence-electron chi connectivity index (χ1n) is 20.5. The van der Waals surface area contributed by atoms with E-state index in [0.29, 0.717) is 12.8 Å². The molecule has 0 radical (unpaired) electrons. The van der Waals surface area contributed by atoms with Crippen LogP contribution in [0.3, 0.4) is 0 Å². The van der Waals surface area contributed by atoms with Crippen LogP contribution in [-0.4, -0.2) is 98.3 Å². The molecule has 1 rings (SSSR count). The van der Waals surface area contributed by atoms with Gasteiger partial charge in [0, 0.05) is 12.8 Å². The predicted octanol–water partition coefficient (Wildman–Crippen LogP) is 6.72. The number of ether oxygens (including phenoxy) is 2. The monoisotopic (exact) mass is 780 g/mol. The average molecular weight is 781 g/mol. The highest BCUT2D eigenvalue weighted by Gasteiger charge is 2.51. The summed E-state index contributed by atoms with van der Waals surface area (Å²) in [6, 6.07) is 0. The van der Waals surface area contributed by atoms with Crippen molar-refractivity contribution in [3.63, 3.8) is 0 Å². The number of allylic oxidation sites excluding steroid dienone is 2. The Morgan fingerprint density at radius 2 is 0.962 bits per heavy atom. The summed E-state index contributed by atoms with van der Waals surface area (Å²) < 4.78 is 33.3. The number of phosphoric ester groups is 1. The molecule has 0 aliphatic heterocycles. The minimum atomic E-state index is -5.11. The van der Waals surface area contributed by atoms with Gasteiger partial charge in [-0.25, -0.2) is 4.57 Å². The van der Waals surface area contributed by atoms with E-state index in [1.807, 2.05) is 0 Å². The Hall–Kier alpha value is -1.41. The number of unbranched alkanes of at least 4 members (excludes halogenated alkanes) is 19. The summed E-state index contributed by atoms with van der Waals surface area (Å²) in [4.78, 5) is 35.5. The van der Waals surface area contributed by atoms with Gasteiger partial charge in [-0.15, -0.1) is 0 Å². The number of hydrogen-bond donors (Lipinski definition) is 6. The third-order valence-electron chi connectivity index (χ3n) is 9.61. The van der Waals surface area contributed by atoms with Crippen molar-refractivity contribution in [2.75, 3.05) is 13.2 Å². The van der Waals surface area contributed by atoms with Crippen LogP contribution in [0.4, 0.5) is 0 Å². The van der Waals surface area contributed by atoms with E-state index in [4.69, 9.17) is 18.5 Å². The predicted molar refractivity (Wildman–Crippen MR) is 203 cm³/mol. The molecule has 0 heterocycles. The van der Waals surface area contributed by atoms with Crippen LogP contribution in [-0.2, 0) is 32.7 Å². The van der Waals surface area contributed by atoms with Crippen molar-refractivity contribution in [1.29, 1.82) is 0 Å². The zero-order valence-electron chi connectivity index (χ0n) is 32.6. The summed E-state index contributed by atoms with van der Waals surface area (Å²) in [6.07, 6.45) is 15.7. The number of carbonyl (C=O) groups is 2. The van der Waals surface area contributed by atoms with Crippen molar-refractivity contribution in [2.24, 2.45) is 0 Å².